The molecule has 0 aliphatic heterocycles. The van der Waals surface area contributed by atoms with Gasteiger partial charge < -0.3 is 9.96 Å². The molecular weight excluding hydrogens is 240 g/mol. The molecule has 12 heavy (non-hydrogen) atoms. The molecule has 0 fully saturated rings. The van der Waals surface area contributed by atoms with Gasteiger partial charge in [-0.25, -0.2) is 0 Å². The minimum absolute atomic E-state index is 0.326. The molecule has 0 aliphatic rings. The first kappa shape index (κ1) is 12.1. The third-order valence-electron chi connectivity index (χ3n) is 0.972. The van der Waals surface area contributed by atoms with Gasteiger partial charge in [0.05, 0.1) is 11.9 Å². The number of hydrogen-bond acceptors (Lipinski definition) is 3. The Morgan fingerprint density at radius 1 is 1.67 bits per heavy atom. The maximum absolute atomic E-state index is 11.3. The minimum Gasteiger partial charge on any atom is -0.591 e. The summed E-state index contributed by atoms with van der Waals surface area (Å²) >= 11 is 1.85. The van der Waals surface area contributed by atoms with E-state index >= 15 is 0 Å². The van der Waals surface area contributed by atoms with E-state index in [-0.39, 0.29) is 4.75 Å². The van der Waals surface area contributed by atoms with Crippen molar-refractivity contribution in [3.63, 3.8) is 0 Å². The van der Waals surface area contributed by atoms with E-state index in [1.807, 2.05) is 20.8 Å². The molecule has 70 valence electrons. The monoisotopic (exact) mass is 252 g/mol. The molecule has 1 atom stereocenters. The van der Waals surface area contributed by atoms with Gasteiger partial charge >= 0.3 is 0 Å². The van der Waals surface area contributed by atoms with Crippen molar-refractivity contribution in [1.82, 2.24) is 0 Å². The second-order valence-electron chi connectivity index (χ2n) is 3.25. The van der Waals surface area contributed by atoms with Crippen LogP contribution in [-0.2, 0) is 11.4 Å². The van der Waals surface area contributed by atoms with Crippen LogP contribution in [0.2, 0.25) is 0 Å². The average molecular weight is 253 g/mol. The minimum atomic E-state index is -1.25. The summed E-state index contributed by atoms with van der Waals surface area (Å²) in [6, 6.07) is 0. The Bertz CT molecular complexity index is 188. The predicted octanol–water partition coefficient (Wildman–Crippen LogP) is 1.93. The van der Waals surface area contributed by atoms with Crippen LogP contribution >= 0.6 is 15.9 Å². The van der Waals surface area contributed by atoms with E-state index in [4.69, 9.17) is 5.41 Å². The molecule has 5 heteroatoms. The van der Waals surface area contributed by atoms with Gasteiger partial charge in [-0.3, -0.25) is 0 Å². The number of nitrogens with zero attached hydrogens (tertiary/aromatic N) is 1. The number of rotatable bonds is 3. The van der Waals surface area contributed by atoms with Gasteiger partial charge in [-0.2, -0.15) is 0 Å². The van der Waals surface area contributed by atoms with E-state index < -0.39 is 11.4 Å². The Morgan fingerprint density at radius 3 is 2.50 bits per heavy atom. The van der Waals surface area contributed by atoms with Crippen molar-refractivity contribution in [3.05, 3.63) is 0 Å². The highest BCUT2D eigenvalue weighted by Crippen LogP contribution is 2.16. The highest BCUT2D eigenvalue weighted by atomic mass is 79.9. The van der Waals surface area contributed by atoms with Gasteiger partial charge in [0.25, 0.3) is 0 Å². The molecule has 1 unspecified atom stereocenters. The Kier molecular flexibility index (Phi) is 5.04. The molecule has 1 N–H and O–H groups in total. The van der Waals surface area contributed by atoms with Gasteiger partial charge in [0.15, 0.2) is 0 Å². The summed E-state index contributed by atoms with van der Waals surface area (Å²) in [6.07, 6.45) is 1.33. The number of alkyl halides is 1. The fourth-order valence-corrected chi connectivity index (χ4v) is 0.988. The molecule has 0 aliphatic carbocycles. The molecule has 3 nitrogen and oxygen atoms in total. The lowest BCUT2D eigenvalue weighted by atomic mass is 10.3. The first-order valence-corrected chi connectivity index (χ1v) is 5.70. The van der Waals surface area contributed by atoms with Crippen molar-refractivity contribution < 1.29 is 4.55 Å². The Balaban J connectivity index is 4.09. The van der Waals surface area contributed by atoms with Gasteiger partial charge in [0.2, 0.25) is 0 Å². The molecule has 0 aromatic heterocycles. The van der Waals surface area contributed by atoms with Crippen LogP contribution in [0, 0.1) is 5.41 Å². The third kappa shape index (κ3) is 4.90. The van der Waals surface area contributed by atoms with Gasteiger partial charge in [0, 0.05) is 5.33 Å². The maximum Gasteiger partial charge on any atom is 0.144 e. The van der Waals surface area contributed by atoms with Crippen molar-refractivity contribution >= 4 is 39.2 Å². The van der Waals surface area contributed by atoms with E-state index in [9.17, 15) is 4.55 Å². The van der Waals surface area contributed by atoms with Crippen molar-refractivity contribution in [3.8, 4) is 0 Å². The quantitative estimate of drug-likeness (QED) is 0.466. The van der Waals surface area contributed by atoms with Crippen molar-refractivity contribution in [1.29, 1.82) is 5.41 Å². The standard InChI is InChI=1S/C7H13BrN2OS/c1-7(2,3)12(11)10-5-6(9)4-8/h5,9H,4H2,1-3H3. The lowest BCUT2D eigenvalue weighted by molar-refractivity contribution is 0.562. The molecule has 0 saturated heterocycles. The molecular formula is C7H13BrN2OS. The zero-order valence-electron chi connectivity index (χ0n) is 7.43. The zero-order valence-corrected chi connectivity index (χ0v) is 9.83. The fourth-order valence-electron chi connectivity index (χ4n) is 0.304. The molecule has 0 radical (unpaired) electrons. The Morgan fingerprint density at radius 2 is 2.17 bits per heavy atom. The summed E-state index contributed by atoms with van der Waals surface area (Å²) in [5, 5.41) is 7.65. The topological polar surface area (TPSA) is 59.3 Å². The SMILES string of the molecule is CC(C)(C)[S+]([O-])N=CC(=N)CBr. The molecule has 0 heterocycles. The van der Waals surface area contributed by atoms with Crippen LogP contribution in [0.25, 0.3) is 0 Å². The first-order chi connectivity index (χ1) is 5.38. The van der Waals surface area contributed by atoms with Gasteiger partial charge in [-0.1, -0.05) is 20.3 Å². The number of nitrogens with one attached hydrogen (secondary N) is 1. The second kappa shape index (κ2) is 4.99. The van der Waals surface area contributed by atoms with Gasteiger partial charge in [-0.05, 0) is 20.8 Å². The molecule has 0 bridgehead atoms. The maximum atomic E-state index is 11.3. The van der Waals surface area contributed by atoms with E-state index in [2.05, 4.69) is 20.3 Å². The van der Waals surface area contributed by atoms with Crippen LogP contribution < -0.4 is 0 Å². The number of halogens is 1. The van der Waals surface area contributed by atoms with Crippen LogP contribution in [0.1, 0.15) is 20.8 Å². The Hall–Kier alpha value is 0.130. The first-order valence-electron chi connectivity index (χ1n) is 3.47. The molecule has 0 saturated carbocycles. The van der Waals surface area contributed by atoms with Gasteiger partial charge in [-0.15, -0.1) is 0 Å². The average Bonchev–Trinajstić information content (AvgIpc) is 1.97. The smallest absolute Gasteiger partial charge is 0.144 e. The lowest BCUT2D eigenvalue weighted by Crippen LogP contribution is -2.26. The van der Waals surface area contributed by atoms with Crippen molar-refractivity contribution in [2.24, 2.45) is 4.40 Å². The molecule has 0 aromatic rings. The summed E-state index contributed by atoms with van der Waals surface area (Å²) in [6.45, 7) is 5.54. The third-order valence-corrected chi connectivity index (χ3v) is 2.92. The predicted molar refractivity (Wildman–Crippen MR) is 57.9 cm³/mol. The molecule has 0 aromatic carbocycles. The van der Waals surface area contributed by atoms with Crippen LogP contribution in [0.4, 0.5) is 0 Å². The van der Waals surface area contributed by atoms with Crippen LogP contribution in [-0.4, -0.2) is 26.6 Å². The molecule has 0 amide bonds. The summed E-state index contributed by atoms with van der Waals surface area (Å²) in [7, 11) is 0. The normalized spacial score (nSPS) is 15.1. The largest absolute Gasteiger partial charge is 0.591 e. The van der Waals surface area contributed by atoms with Crippen LogP contribution in [0.3, 0.4) is 0 Å². The van der Waals surface area contributed by atoms with E-state index in [0.717, 1.165) is 0 Å². The Labute approximate surface area is 84.6 Å². The molecule has 0 spiro atoms. The number of hydrogen-bond donors (Lipinski definition) is 1. The zero-order chi connectivity index (χ0) is 9.78. The van der Waals surface area contributed by atoms with Crippen molar-refractivity contribution in [2.45, 2.75) is 25.5 Å². The van der Waals surface area contributed by atoms with E-state index in [0.29, 0.717) is 11.0 Å². The van der Waals surface area contributed by atoms with Crippen LogP contribution in [0.5, 0.6) is 0 Å². The molecule has 0 rings (SSSR count). The van der Waals surface area contributed by atoms with E-state index in [1.165, 1.54) is 6.21 Å². The van der Waals surface area contributed by atoms with Crippen LogP contribution in [0.15, 0.2) is 4.40 Å². The summed E-state index contributed by atoms with van der Waals surface area (Å²) < 4.78 is 14.7. The fraction of sp³-hybridized carbons (Fsp3) is 0.714. The lowest BCUT2D eigenvalue weighted by Gasteiger charge is -2.17. The summed E-state index contributed by atoms with van der Waals surface area (Å²) in [5.41, 5.74) is 0.326. The second-order valence-corrected chi connectivity index (χ2v) is 5.75. The summed E-state index contributed by atoms with van der Waals surface area (Å²) in [5.74, 6) is 0. The van der Waals surface area contributed by atoms with E-state index in [1.54, 1.807) is 0 Å². The highest BCUT2D eigenvalue weighted by molar-refractivity contribution is 9.09. The summed E-state index contributed by atoms with van der Waals surface area (Å²) in [4.78, 5) is 0. The highest BCUT2D eigenvalue weighted by Gasteiger charge is 2.25. The van der Waals surface area contributed by atoms with Gasteiger partial charge in [0.1, 0.15) is 16.1 Å². The van der Waals surface area contributed by atoms with Crippen molar-refractivity contribution in [2.75, 3.05) is 5.33 Å².